The highest BCUT2D eigenvalue weighted by Crippen LogP contribution is 2.33. The van der Waals surface area contributed by atoms with Crippen LogP contribution in [0.25, 0.3) is 0 Å². The fraction of sp³-hybridized carbons (Fsp3) is 0.250. The van der Waals surface area contributed by atoms with Crippen molar-refractivity contribution in [2.45, 2.75) is 19.4 Å². The van der Waals surface area contributed by atoms with Crippen molar-refractivity contribution < 1.29 is 19.1 Å². The van der Waals surface area contributed by atoms with Gasteiger partial charge in [0.1, 0.15) is 0 Å². The molecule has 7 nitrogen and oxygen atoms in total. The Morgan fingerprint density at radius 1 is 1.22 bits per heavy atom. The number of nitrogens with one attached hydrogen (secondary N) is 2. The molecule has 0 aliphatic carbocycles. The third-order valence-corrected chi connectivity index (χ3v) is 4.06. The lowest BCUT2D eigenvalue weighted by molar-refractivity contribution is -0.120. The number of hydrogen-bond donors (Lipinski definition) is 2. The molecule has 2 amide bonds. The fourth-order valence-corrected chi connectivity index (χ4v) is 2.78. The second-order valence-corrected chi connectivity index (χ2v) is 5.91. The Balaban J connectivity index is 1.82. The first-order chi connectivity index (χ1) is 13.1. The first-order valence-electron chi connectivity index (χ1n) is 8.65. The number of hydrogen-bond acceptors (Lipinski definition) is 5. The zero-order valence-electron chi connectivity index (χ0n) is 15.2. The average molecular weight is 367 g/mol. The lowest BCUT2D eigenvalue weighted by atomic mass is 10.0. The van der Waals surface area contributed by atoms with E-state index in [-0.39, 0.29) is 24.2 Å². The second kappa shape index (κ2) is 8.35. The first kappa shape index (κ1) is 18.4. The van der Waals surface area contributed by atoms with Gasteiger partial charge < -0.3 is 9.47 Å². The van der Waals surface area contributed by atoms with Crippen LogP contribution in [0.5, 0.6) is 11.5 Å². The summed E-state index contributed by atoms with van der Waals surface area (Å²) in [5.41, 5.74) is 1.29. The van der Waals surface area contributed by atoms with E-state index in [0.29, 0.717) is 23.7 Å². The van der Waals surface area contributed by atoms with Crippen LogP contribution in [-0.2, 0) is 4.79 Å². The minimum absolute atomic E-state index is 0.137. The summed E-state index contributed by atoms with van der Waals surface area (Å²) in [7, 11) is 1.56. The van der Waals surface area contributed by atoms with Crippen LogP contribution in [0.4, 0.5) is 0 Å². The number of amides is 2. The van der Waals surface area contributed by atoms with Gasteiger partial charge in [0.15, 0.2) is 11.5 Å². The van der Waals surface area contributed by atoms with Crippen molar-refractivity contribution in [2.75, 3.05) is 13.7 Å². The van der Waals surface area contributed by atoms with E-state index in [0.717, 1.165) is 5.56 Å². The van der Waals surface area contributed by atoms with Crippen LogP contribution >= 0.6 is 0 Å². The molecule has 0 fully saturated rings. The average Bonchev–Trinajstić information content (AvgIpc) is 2.68. The number of carbonyl (C=O) groups excluding carboxylic acids is 2. The summed E-state index contributed by atoms with van der Waals surface area (Å²) in [6, 6.07) is 13.8. The number of benzene rings is 2. The molecule has 3 rings (SSSR count). The molecule has 1 aliphatic rings. The summed E-state index contributed by atoms with van der Waals surface area (Å²) in [4.78, 5) is 28.9. The Morgan fingerprint density at radius 3 is 2.70 bits per heavy atom. The van der Waals surface area contributed by atoms with Crippen molar-refractivity contribution >= 4 is 17.8 Å². The smallest absolute Gasteiger partial charge is 0.257 e. The zero-order chi connectivity index (χ0) is 19.2. The van der Waals surface area contributed by atoms with Crippen molar-refractivity contribution in [1.29, 1.82) is 0 Å². The highest BCUT2D eigenvalue weighted by atomic mass is 16.5. The summed E-state index contributed by atoms with van der Waals surface area (Å²) in [6.07, 6.45) is 0.182. The van der Waals surface area contributed by atoms with Gasteiger partial charge in [-0.3, -0.25) is 20.2 Å². The number of methoxy groups -OCH3 is 1. The van der Waals surface area contributed by atoms with E-state index in [2.05, 4.69) is 15.6 Å². The molecule has 0 bridgehead atoms. The minimum atomic E-state index is -0.422. The Kier molecular flexibility index (Phi) is 5.71. The van der Waals surface area contributed by atoms with E-state index >= 15 is 0 Å². The summed E-state index contributed by atoms with van der Waals surface area (Å²) < 4.78 is 10.9. The van der Waals surface area contributed by atoms with Crippen molar-refractivity contribution in [3.8, 4) is 11.5 Å². The van der Waals surface area contributed by atoms with Crippen molar-refractivity contribution in [3.05, 3.63) is 59.7 Å². The zero-order valence-corrected chi connectivity index (χ0v) is 15.2. The molecule has 2 N–H and O–H groups in total. The van der Waals surface area contributed by atoms with Crippen LogP contribution in [0, 0.1) is 0 Å². The lowest BCUT2D eigenvalue weighted by Crippen LogP contribution is -2.47. The molecule has 2 aromatic carbocycles. The van der Waals surface area contributed by atoms with Crippen LogP contribution in [0.2, 0.25) is 0 Å². The van der Waals surface area contributed by atoms with Crippen molar-refractivity contribution in [3.63, 3.8) is 0 Å². The Bertz CT molecular complexity index is 865. The molecule has 140 valence electrons. The maximum absolute atomic E-state index is 12.3. The first-order valence-corrected chi connectivity index (χ1v) is 8.65. The summed E-state index contributed by atoms with van der Waals surface area (Å²) in [6.45, 7) is 2.42. The molecular weight excluding hydrogens is 346 g/mol. The SMILES string of the molecule is CCOc1ccc(C2CC(=O)NC(NC(=O)c3ccccc3)=N2)cc1OC. The normalized spacial score (nSPS) is 16.1. The molecular formula is C20H21N3O4. The number of ether oxygens (including phenoxy) is 2. The van der Waals surface area contributed by atoms with Gasteiger partial charge in [-0.15, -0.1) is 0 Å². The standard InChI is InChI=1S/C20H21N3O4/c1-3-27-16-10-9-14(11-17(16)26-2)15-12-18(24)22-20(21-15)23-19(25)13-7-5-4-6-8-13/h4-11,15H,3,12H2,1-2H3,(H2,21,22,23,24,25). The van der Waals surface area contributed by atoms with Gasteiger partial charge in [0.25, 0.3) is 5.91 Å². The van der Waals surface area contributed by atoms with E-state index in [4.69, 9.17) is 9.47 Å². The highest BCUT2D eigenvalue weighted by molar-refractivity contribution is 6.10. The number of rotatable bonds is 5. The summed E-state index contributed by atoms with van der Waals surface area (Å²) >= 11 is 0. The Morgan fingerprint density at radius 2 is 2.00 bits per heavy atom. The number of aliphatic imine (C=N–C) groups is 1. The van der Waals surface area contributed by atoms with Crippen LogP contribution in [-0.4, -0.2) is 31.5 Å². The van der Waals surface area contributed by atoms with Gasteiger partial charge in [0.2, 0.25) is 11.9 Å². The molecule has 7 heteroatoms. The van der Waals surface area contributed by atoms with Gasteiger partial charge in [0, 0.05) is 5.56 Å². The van der Waals surface area contributed by atoms with E-state index in [1.807, 2.05) is 19.1 Å². The van der Waals surface area contributed by atoms with E-state index in [9.17, 15) is 9.59 Å². The monoisotopic (exact) mass is 367 g/mol. The van der Waals surface area contributed by atoms with E-state index in [1.54, 1.807) is 43.5 Å². The predicted molar refractivity (Wildman–Crippen MR) is 101 cm³/mol. The van der Waals surface area contributed by atoms with Gasteiger partial charge in [-0.2, -0.15) is 0 Å². The predicted octanol–water partition coefficient (Wildman–Crippen LogP) is 2.44. The number of nitrogens with zero attached hydrogens (tertiary/aromatic N) is 1. The lowest BCUT2D eigenvalue weighted by Gasteiger charge is -2.22. The van der Waals surface area contributed by atoms with Crippen LogP contribution < -0.4 is 20.1 Å². The molecule has 0 spiro atoms. The molecule has 1 atom stereocenters. The molecule has 0 saturated carbocycles. The Hall–Kier alpha value is -3.35. The second-order valence-electron chi connectivity index (χ2n) is 5.91. The topological polar surface area (TPSA) is 89.0 Å². The largest absolute Gasteiger partial charge is 0.493 e. The van der Waals surface area contributed by atoms with E-state index < -0.39 is 6.04 Å². The van der Waals surface area contributed by atoms with Crippen LogP contribution in [0.3, 0.4) is 0 Å². The van der Waals surface area contributed by atoms with Gasteiger partial charge in [-0.25, -0.2) is 4.99 Å². The highest BCUT2D eigenvalue weighted by Gasteiger charge is 2.24. The number of carbonyl (C=O) groups is 2. The Labute approximate surface area is 157 Å². The minimum Gasteiger partial charge on any atom is -0.493 e. The molecule has 1 heterocycles. The third-order valence-electron chi connectivity index (χ3n) is 4.06. The van der Waals surface area contributed by atoms with Crippen LogP contribution in [0.15, 0.2) is 53.5 Å². The van der Waals surface area contributed by atoms with E-state index in [1.165, 1.54) is 0 Å². The quantitative estimate of drug-likeness (QED) is 0.849. The summed E-state index contributed by atoms with van der Waals surface area (Å²) in [5.74, 6) is 0.791. The van der Waals surface area contributed by atoms with Gasteiger partial charge in [-0.05, 0) is 36.8 Å². The maximum Gasteiger partial charge on any atom is 0.257 e. The van der Waals surface area contributed by atoms with Gasteiger partial charge >= 0.3 is 0 Å². The molecule has 27 heavy (non-hydrogen) atoms. The van der Waals surface area contributed by atoms with Gasteiger partial charge in [0.05, 0.1) is 26.2 Å². The molecule has 2 aromatic rings. The molecule has 1 unspecified atom stereocenters. The third kappa shape index (κ3) is 4.44. The molecule has 0 aromatic heterocycles. The number of guanidine groups is 1. The maximum atomic E-state index is 12.3. The van der Waals surface area contributed by atoms with Crippen molar-refractivity contribution in [2.24, 2.45) is 4.99 Å². The fourth-order valence-electron chi connectivity index (χ4n) is 2.78. The molecule has 1 aliphatic heterocycles. The van der Waals surface area contributed by atoms with Crippen LogP contribution in [0.1, 0.15) is 35.3 Å². The molecule has 0 saturated heterocycles. The van der Waals surface area contributed by atoms with Gasteiger partial charge in [-0.1, -0.05) is 24.3 Å². The molecule has 0 radical (unpaired) electrons. The summed E-state index contributed by atoms with van der Waals surface area (Å²) in [5, 5.41) is 5.25. The van der Waals surface area contributed by atoms with Crippen molar-refractivity contribution in [1.82, 2.24) is 10.6 Å².